The lowest BCUT2D eigenvalue weighted by atomic mass is 10.1. The molecule has 0 bridgehead atoms. The van der Waals surface area contributed by atoms with Crippen molar-refractivity contribution < 1.29 is 4.79 Å². The van der Waals surface area contributed by atoms with Gasteiger partial charge in [-0.2, -0.15) is 0 Å². The molecular weight excluding hydrogens is 304 g/mol. The molecule has 2 rings (SSSR count). The Bertz CT molecular complexity index is 748. The van der Waals surface area contributed by atoms with Gasteiger partial charge in [-0.05, 0) is 61.8 Å². The van der Waals surface area contributed by atoms with E-state index in [2.05, 4.69) is 10.6 Å². The SMILES string of the molecule is Cc1ccc(/C=C/C(=O)NC(=S)Nc2cccc(C)c2C)cc1. The van der Waals surface area contributed by atoms with Crippen LogP contribution < -0.4 is 10.6 Å². The number of thiocarbonyl (C=S) groups is 1. The first-order valence-electron chi connectivity index (χ1n) is 7.38. The number of benzene rings is 2. The molecule has 0 heterocycles. The number of hydrogen-bond donors (Lipinski definition) is 2. The van der Waals surface area contributed by atoms with Crippen LogP contribution in [0.3, 0.4) is 0 Å². The number of anilines is 1. The summed E-state index contributed by atoms with van der Waals surface area (Å²) >= 11 is 5.19. The summed E-state index contributed by atoms with van der Waals surface area (Å²) in [6.07, 6.45) is 3.23. The highest BCUT2D eigenvalue weighted by Crippen LogP contribution is 2.17. The highest BCUT2D eigenvalue weighted by molar-refractivity contribution is 7.80. The highest BCUT2D eigenvalue weighted by Gasteiger charge is 2.04. The number of amides is 1. The van der Waals surface area contributed by atoms with Crippen LogP contribution in [0.15, 0.2) is 48.5 Å². The van der Waals surface area contributed by atoms with Gasteiger partial charge < -0.3 is 5.32 Å². The fourth-order valence-electron chi connectivity index (χ4n) is 2.04. The van der Waals surface area contributed by atoms with Crippen LogP contribution in [-0.4, -0.2) is 11.0 Å². The third-order valence-corrected chi connectivity index (χ3v) is 3.80. The first-order valence-corrected chi connectivity index (χ1v) is 7.79. The van der Waals surface area contributed by atoms with Crippen molar-refractivity contribution in [3.8, 4) is 0 Å². The summed E-state index contributed by atoms with van der Waals surface area (Å²) in [7, 11) is 0. The molecule has 2 aromatic rings. The van der Waals surface area contributed by atoms with Crippen molar-refractivity contribution in [3.05, 3.63) is 70.8 Å². The quantitative estimate of drug-likeness (QED) is 0.658. The van der Waals surface area contributed by atoms with Crippen LogP contribution in [-0.2, 0) is 4.79 Å². The van der Waals surface area contributed by atoms with Gasteiger partial charge in [-0.1, -0.05) is 42.0 Å². The fraction of sp³-hybridized carbons (Fsp3) is 0.158. The zero-order valence-corrected chi connectivity index (χ0v) is 14.3. The minimum atomic E-state index is -0.256. The number of carbonyl (C=O) groups is 1. The van der Waals surface area contributed by atoms with Gasteiger partial charge in [0.1, 0.15) is 0 Å². The Morgan fingerprint density at radius 2 is 1.74 bits per heavy atom. The minimum Gasteiger partial charge on any atom is -0.332 e. The Kier molecular flexibility index (Phi) is 5.66. The number of rotatable bonds is 3. The lowest BCUT2D eigenvalue weighted by Gasteiger charge is -2.12. The largest absolute Gasteiger partial charge is 0.332 e. The van der Waals surface area contributed by atoms with Crippen molar-refractivity contribution in [1.29, 1.82) is 0 Å². The average Bonchev–Trinajstić information content (AvgIpc) is 2.51. The van der Waals surface area contributed by atoms with Crippen LogP contribution in [0.1, 0.15) is 22.3 Å². The molecule has 0 spiro atoms. The molecule has 3 nitrogen and oxygen atoms in total. The molecule has 0 aliphatic rings. The van der Waals surface area contributed by atoms with Crippen molar-refractivity contribution >= 4 is 35.0 Å². The lowest BCUT2D eigenvalue weighted by Crippen LogP contribution is -2.33. The predicted molar refractivity (Wildman–Crippen MR) is 100 cm³/mol. The maximum absolute atomic E-state index is 11.9. The molecule has 118 valence electrons. The zero-order chi connectivity index (χ0) is 16.8. The molecule has 0 radical (unpaired) electrons. The average molecular weight is 324 g/mol. The monoisotopic (exact) mass is 324 g/mol. The van der Waals surface area contributed by atoms with Crippen LogP contribution in [0.2, 0.25) is 0 Å². The number of hydrogen-bond acceptors (Lipinski definition) is 2. The zero-order valence-electron chi connectivity index (χ0n) is 13.5. The van der Waals surface area contributed by atoms with E-state index in [1.54, 1.807) is 6.08 Å². The topological polar surface area (TPSA) is 41.1 Å². The number of carbonyl (C=O) groups excluding carboxylic acids is 1. The summed E-state index contributed by atoms with van der Waals surface area (Å²) < 4.78 is 0. The van der Waals surface area contributed by atoms with E-state index in [1.165, 1.54) is 17.2 Å². The molecule has 0 fully saturated rings. The minimum absolute atomic E-state index is 0.256. The molecule has 0 atom stereocenters. The van der Waals surface area contributed by atoms with E-state index >= 15 is 0 Å². The fourth-order valence-corrected chi connectivity index (χ4v) is 2.25. The van der Waals surface area contributed by atoms with E-state index in [0.29, 0.717) is 0 Å². The second kappa shape index (κ2) is 7.70. The highest BCUT2D eigenvalue weighted by atomic mass is 32.1. The van der Waals surface area contributed by atoms with Crippen molar-refractivity contribution in [2.45, 2.75) is 20.8 Å². The molecule has 0 aliphatic heterocycles. The second-order valence-corrected chi connectivity index (χ2v) is 5.84. The van der Waals surface area contributed by atoms with Gasteiger partial charge in [-0.15, -0.1) is 0 Å². The van der Waals surface area contributed by atoms with Gasteiger partial charge in [0.05, 0.1) is 0 Å². The summed E-state index contributed by atoms with van der Waals surface area (Å²) in [5.41, 5.74) is 5.34. The van der Waals surface area contributed by atoms with Crippen molar-refractivity contribution in [3.63, 3.8) is 0 Å². The summed E-state index contributed by atoms with van der Waals surface area (Å²) in [6.45, 7) is 6.07. The standard InChI is InChI=1S/C19H20N2OS/c1-13-7-9-16(10-8-13)11-12-18(22)21-19(23)20-17-6-4-5-14(2)15(17)3/h4-12H,1-3H3,(H2,20,21,22,23)/b12-11+. The van der Waals surface area contributed by atoms with Crippen LogP contribution in [0.25, 0.3) is 6.08 Å². The predicted octanol–water partition coefficient (Wildman–Crippen LogP) is 4.14. The van der Waals surface area contributed by atoms with Gasteiger partial charge in [-0.25, -0.2) is 0 Å². The molecule has 0 aliphatic carbocycles. The molecular formula is C19H20N2OS. The maximum atomic E-state index is 11.9. The first kappa shape index (κ1) is 16.9. The van der Waals surface area contributed by atoms with Gasteiger partial charge in [0, 0.05) is 11.8 Å². The molecule has 0 saturated carbocycles. The van der Waals surface area contributed by atoms with E-state index in [-0.39, 0.29) is 11.0 Å². The van der Waals surface area contributed by atoms with Crippen molar-refractivity contribution in [2.24, 2.45) is 0 Å². The number of nitrogens with one attached hydrogen (secondary N) is 2. The Morgan fingerprint density at radius 3 is 2.43 bits per heavy atom. The smallest absolute Gasteiger partial charge is 0.250 e. The summed E-state index contributed by atoms with van der Waals surface area (Å²) in [5.74, 6) is -0.256. The lowest BCUT2D eigenvalue weighted by molar-refractivity contribution is -0.115. The number of aryl methyl sites for hydroxylation is 2. The Hall–Kier alpha value is -2.46. The van der Waals surface area contributed by atoms with E-state index < -0.39 is 0 Å². The second-order valence-electron chi connectivity index (χ2n) is 5.43. The van der Waals surface area contributed by atoms with E-state index in [1.807, 2.05) is 63.2 Å². The van der Waals surface area contributed by atoms with Crippen molar-refractivity contribution in [1.82, 2.24) is 5.32 Å². The summed E-state index contributed by atoms with van der Waals surface area (Å²) in [5, 5.41) is 5.99. The molecule has 23 heavy (non-hydrogen) atoms. The van der Waals surface area contributed by atoms with E-state index in [4.69, 9.17) is 12.2 Å². The molecule has 2 N–H and O–H groups in total. The molecule has 4 heteroatoms. The van der Waals surface area contributed by atoms with Gasteiger partial charge in [0.15, 0.2) is 5.11 Å². The van der Waals surface area contributed by atoms with Crippen LogP contribution in [0, 0.1) is 20.8 Å². The van der Waals surface area contributed by atoms with Crippen LogP contribution in [0.4, 0.5) is 5.69 Å². The third kappa shape index (κ3) is 5.04. The summed E-state index contributed by atoms with van der Waals surface area (Å²) in [6, 6.07) is 13.9. The van der Waals surface area contributed by atoms with Crippen LogP contribution >= 0.6 is 12.2 Å². The Balaban J connectivity index is 1.93. The van der Waals surface area contributed by atoms with Crippen LogP contribution in [0.5, 0.6) is 0 Å². The maximum Gasteiger partial charge on any atom is 0.250 e. The molecule has 1 amide bonds. The Morgan fingerprint density at radius 1 is 1.04 bits per heavy atom. The summed E-state index contributed by atoms with van der Waals surface area (Å²) in [4.78, 5) is 11.9. The molecule has 0 aromatic heterocycles. The molecule has 0 unspecified atom stereocenters. The third-order valence-electron chi connectivity index (χ3n) is 3.59. The van der Waals surface area contributed by atoms with Gasteiger partial charge >= 0.3 is 0 Å². The van der Waals surface area contributed by atoms with Gasteiger partial charge in [0.2, 0.25) is 5.91 Å². The van der Waals surface area contributed by atoms with E-state index in [9.17, 15) is 4.79 Å². The Labute approximate surface area is 142 Å². The molecule has 2 aromatic carbocycles. The van der Waals surface area contributed by atoms with Crippen molar-refractivity contribution in [2.75, 3.05) is 5.32 Å². The molecule has 0 saturated heterocycles. The van der Waals surface area contributed by atoms with Gasteiger partial charge in [-0.3, -0.25) is 10.1 Å². The van der Waals surface area contributed by atoms with Gasteiger partial charge in [0.25, 0.3) is 0 Å². The first-order chi connectivity index (χ1) is 11.0. The normalized spacial score (nSPS) is 10.6. The van der Waals surface area contributed by atoms with E-state index in [0.717, 1.165) is 16.8 Å².